The number of hydrogen-bond donors (Lipinski definition) is 1. The van der Waals surface area contributed by atoms with Gasteiger partial charge in [-0.25, -0.2) is 4.99 Å². The van der Waals surface area contributed by atoms with E-state index in [2.05, 4.69) is 14.5 Å². The first kappa shape index (κ1) is 10.3. The maximum Gasteiger partial charge on any atom is 0.586 e. The SMILES string of the molecule is NC(=Nc1ccc2c(c1)OC(F)(F)O2)C1CC1. The number of nitrogens with zero attached hydrogens (tertiary/aromatic N) is 1. The van der Waals surface area contributed by atoms with Crippen molar-refractivity contribution in [2.45, 2.75) is 19.1 Å². The van der Waals surface area contributed by atoms with Gasteiger partial charge >= 0.3 is 6.29 Å². The highest BCUT2D eigenvalue weighted by Crippen LogP contribution is 2.43. The Kier molecular flexibility index (Phi) is 2.01. The monoisotopic (exact) mass is 240 g/mol. The second-order valence-corrected chi connectivity index (χ2v) is 4.11. The van der Waals surface area contributed by atoms with Gasteiger partial charge in [-0.05, 0) is 25.0 Å². The molecule has 1 aromatic carbocycles. The first-order valence-electron chi connectivity index (χ1n) is 5.27. The molecule has 90 valence electrons. The Labute approximate surface area is 96.0 Å². The minimum Gasteiger partial charge on any atom is -0.395 e. The van der Waals surface area contributed by atoms with E-state index in [9.17, 15) is 8.78 Å². The Morgan fingerprint density at radius 3 is 2.71 bits per heavy atom. The molecule has 2 N–H and O–H groups in total. The first-order valence-corrected chi connectivity index (χ1v) is 5.27. The number of aliphatic imine (C=N–C) groups is 1. The summed E-state index contributed by atoms with van der Waals surface area (Å²) in [5, 5.41) is 0. The van der Waals surface area contributed by atoms with Gasteiger partial charge in [-0.2, -0.15) is 0 Å². The van der Waals surface area contributed by atoms with E-state index < -0.39 is 6.29 Å². The lowest BCUT2D eigenvalue weighted by molar-refractivity contribution is -0.286. The number of hydrogen-bond acceptors (Lipinski definition) is 3. The van der Waals surface area contributed by atoms with Crippen LogP contribution in [0.1, 0.15) is 12.8 Å². The molecule has 0 unspecified atom stereocenters. The molecule has 0 aromatic heterocycles. The summed E-state index contributed by atoms with van der Waals surface area (Å²) in [6, 6.07) is 4.36. The third-order valence-corrected chi connectivity index (χ3v) is 2.64. The minimum atomic E-state index is -3.59. The summed E-state index contributed by atoms with van der Waals surface area (Å²) < 4.78 is 34.1. The molecule has 1 heterocycles. The Morgan fingerprint density at radius 1 is 1.29 bits per heavy atom. The zero-order chi connectivity index (χ0) is 12.0. The van der Waals surface area contributed by atoms with Crippen LogP contribution in [-0.4, -0.2) is 12.1 Å². The molecule has 0 spiro atoms. The summed E-state index contributed by atoms with van der Waals surface area (Å²) in [6.07, 6.45) is -1.51. The summed E-state index contributed by atoms with van der Waals surface area (Å²) in [7, 11) is 0. The molecule has 0 atom stereocenters. The third kappa shape index (κ3) is 2.02. The molecule has 1 aliphatic carbocycles. The van der Waals surface area contributed by atoms with Crippen LogP contribution in [-0.2, 0) is 0 Å². The number of amidine groups is 1. The predicted octanol–water partition coefficient (Wildman–Crippen LogP) is 2.41. The molecule has 1 fully saturated rings. The average molecular weight is 240 g/mol. The Morgan fingerprint density at radius 2 is 2.00 bits per heavy atom. The van der Waals surface area contributed by atoms with Crippen LogP contribution < -0.4 is 15.2 Å². The van der Waals surface area contributed by atoms with Crippen molar-refractivity contribution in [3.63, 3.8) is 0 Å². The van der Waals surface area contributed by atoms with Gasteiger partial charge in [0.1, 0.15) is 5.84 Å². The van der Waals surface area contributed by atoms with Crippen molar-refractivity contribution in [3.8, 4) is 11.5 Å². The number of ether oxygens (including phenoxy) is 2. The van der Waals surface area contributed by atoms with Gasteiger partial charge in [0.2, 0.25) is 0 Å². The fourth-order valence-electron chi connectivity index (χ4n) is 1.63. The van der Waals surface area contributed by atoms with Crippen LogP contribution in [0.3, 0.4) is 0 Å². The second-order valence-electron chi connectivity index (χ2n) is 4.11. The van der Waals surface area contributed by atoms with E-state index in [-0.39, 0.29) is 11.5 Å². The number of halogens is 2. The number of nitrogens with two attached hydrogens (primary N) is 1. The highest BCUT2D eigenvalue weighted by molar-refractivity contribution is 5.87. The van der Waals surface area contributed by atoms with Gasteiger partial charge in [0.05, 0.1) is 5.69 Å². The number of alkyl halides is 2. The van der Waals surface area contributed by atoms with Gasteiger partial charge in [0.15, 0.2) is 11.5 Å². The summed E-state index contributed by atoms with van der Waals surface area (Å²) >= 11 is 0. The van der Waals surface area contributed by atoms with Crippen molar-refractivity contribution in [1.82, 2.24) is 0 Å². The maximum atomic E-state index is 12.8. The molecule has 17 heavy (non-hydrogen) atoms. The Balaban J connectivity index is 1.87. The van der Waals surface area contributed by atoms with E-state index in [0.29, 0.717) is 17.4 Å². The molecule has 2 aliphatic rings. The van der Waals surface area contributed by atoms with Gasteiger partial charge in [0, 0.05) is 12.0 Å². The molecule has 1 aliphatic heterocycles. The van der Waals surface area contributed by atoms with E-state index in [1.165, 1.54) is 12.1 Å². The van der Waals surface area contributed by atoms with Crippen molar-refractivity contribution in [2.75, 3.05) is 0 Å². The Hall–Kier alpha value is -1.85. The van der Waals surface area contributed by atoms with Crippen molar-refractivity contribution < 1.29 is 18.3 Å². The number of rotatable bonds is 2. The van der Waals surface area contributed by atoms with Gasteiger partial charge in [0.25, 0.3) is 0 Å². The van der Waals surface area contributed by atoms with E-state index in [0.717, 1.165) is 12.8 Å². The predicted molar refractivity (Wildman–Crippen MR) is 56.7 cm³/mol. The zero-order valence-corrected chi connectivity index (χ0v) is 8.82. The van der Waals surface area contributed by atoms with Crippen LogP contribution >= 0.6 is 0 Å². The Bertz CT molecular complexity index is 498. The van der Waals surface area contributed by atoms with Gasteiger partial charge in [-0.3, -0.25) is 0 Å². The van der Waals surface area contributed by atoms with Crippen LogP contribution in [0.15, 0.2) is 23.2 Å². The molecule has 1 saturated carbocycles. The van der Waals surface area contributed by atoms with Gasteiger partial charge in [-0.1, -0.05) is 0 Å². The molecular weight excluding hydrogens is 230 g/mol. The van der Waals surface area contributed by atoms with Crippen molar-refractivity contribution in [3.05, 3.63) is 18.2 Å². The average Bonchev–Trinajstić information content (AvgIpc) is 3.01. The fourth-order valence-corrected chi connectivity index (χ4v) is 1.63. The summed E-state index contributed by atoms with van der Waals surface area (Å²) in [4.78, 5) is 4.16. The quantitative estimate of drug-likeness (QED) is 0.638. The van der Waals surface area contributed by atoms with Crippen LogP contribution in [0.2, 0.25) is 0 Å². The topological polar surface area (TPSA) is 56.8 Å². The third-order valence-electron chi connectivity index (χ3n) is 2.64. The lowest BCUT2D eigenvalue weighted by atomic mass is 10.3. The summed E-state index contributed by atoms with van der Waals surface area (Å²) in [6.45, 7) is 0. The first-order chi connectivity index (χ1) is 8.03. The molecule has 0 amide bonds. The molecular formula is C11H10F2N2O2. The van der Waals surface area contributed by atoms with E-state index in [1.807, 2.05) is 0 Å². The number of fused-ring (bicyclic) bond motifs is 1. The molecule has 4 nitrogen and oxygen atoms in total. The largest absolute Gasteiger partial charge is 0.586 e. The fraction of sp³-hybridized carbons (Fsp3) is 0.364. The lowest BCUT2D eigenvalue weighted by Crippen LogP contribution is -2.25. The van der Waals surface area contributed by atoms with Gasteiger partial charge < -0.3 is 15.2 Å². The number of benzene rings is 1. The van der Waals surface area contributed by atoms with Crippen LogP contribution in [0.4, 0.5) is 14.5 Å². The molecule has 0 radical (unpaired) electrons. The summed E-state index contributed by atoms with van der Waals surface area (Å²) in [5.74, 6) is 0.872. The smallest absolute Gasteiger partial charge is 0.395 e. The molecule has 6 heteroatoms. The standard InChI is InChI=1S/C11H10F2N2O2/c12-11(13)16-8-4-3-7(5-9(8)17-11)15-10(14)6-1-2-6/h3-6H,1-2H2,(H2,14,15). The lowest BCUT2D eigenvalue weighted by Gasteiger charge is -2.04. The van der Waals surface area contributed by atoms with Crippen LogP contribution in [0.25, 0.3) is 0 Å². The summed E-state index contributed by atoms with van der Waals surface area (Å²) in [5.41, 5.74) is 6.23. The van der Waals surface area contributed by atoms with E-state index in [1.54, 1.807) is 6.07 Å². The van der Waals surface area contributed by atoms with Crippen molar-refractivity contribution in [2.24, 2.45) is 16.6 Å². The molecule has 1 aromatic rings. The zero-order valence-electron chi connectivity index (χ0n) is 8.82. The highest BCUT2D eigenvalue weighted by atomic mass is 19.3. The van der Waals surface area contributed by atoms with Crippen LogP contribution in [0.5, 0.6) is 11.5 Å². The van der Waals surface area contributed by atoms with Gasteiger partial charge in [-0.15, -0.1) is 8.78 Å². The minimum absolute atomic E-state index is 0.0129. The van der Waals surface area contributed by atoms with E-state index >= 15 is 0 Å². The molecule has 3 rings (SSSR count). The molecule has 0 saturated heterocycles. The second kappa shape index (κ2) is 3.32. The van der Waals surface area contributed by atoms with Crippen molar-refractivity contribution in [1.29, 1.82) is 0 Å². The normalized spacial score (nSPS) is 21.6. The maximum absolute atomic E-state index is 12.8. The van der Waals surface area contributed by atoms with E-state index in [4.69, 9.17) is 5.73 Å². The van der Waals surface area contributed by atoms with Crippen molar-refractivity contribution >= 4 is 11.5 Å². The highest BCUT2D eigenvalue weighted by Gasteiger charge is 2.43. The van der Waals surface area contributed by atoms with Crippen LogP contribution in [0, 0.1) is 5.92 Å². The molecule has 0 bridgehead atoms.